The molecule has 6 nitrogen and oxygen atoms in total. The number of ether oxygens (including phenoxy) is 2. The Balaban J connectivity index is 1.87. The summed E-state index contributed by atoms with van der Waals surface area (Å²) >= 11 is 0. The van der Waals surface area contributed by atoms with Gasteiger partial charge in [-0.15, -0.1) is 0 Å². The molecule has 0 spiro atoms. The number of guanidine groups is 1. The number of nitrogens with one attached hydrogen (secondary N) is 2. The van der Waals surface area contributed by atoms with Crippen LogP contribution in [0.2, 0.25) is 0 Å². The van der Waals surface area contributed by atoms with Gasteiger partial charge in [0, 0.05) is 32.0 Å². The lowest BCUT2D eigenvalue weighted by Crippen LogP contribution is -2.45. The number of hydrogen-bond donors (Lipinski definition) is 2. The van der Waals surface area contributed by atoms with Crippen molar-refractivity contribution in [1.82, 2.24) is 15.6 Å². The van der Waals surface area contributed by atoms with Gasteiger partial charge in [0.05, 0.1) is 18.8 Å². The predicted octanol–water partition coefficient (Wildman–Crippen LogP) is 2.49. The molecule has 6 heteroatoms. The van der Waals surface area contributed by atoms with Gasteiger partial charge in [-0.2, -0.15) is 0 Å². The van der Waals surface area contributed by atoms with Crippen molar-refractivity contribution in [2.75, 3.05) is 26.3 Å². The van der Waals surface area contributed by atoms with E-state index in [1.54, 1.807) is 0 Å². The first-order valence-electron chi connectivity index (χ1n) is 8.89. The van der Waals surface area contributed by atoms with Crippen molar-refractivity contribution in [3.8, 4) is 5.88 Å². The second kappa shape index (κ2) is 9.47. The van der Waals surface area contributed by atoms with Crippen LogP contribution in [0.15, 0.2) is 23.3 Å². The van der Waals surface area contributed by atoms with Crippen LogP contribution in [-0.4, -0.2) is 42.8 Å². The maximum atomic E-state index is 5.81. The normalized spacial score (nSPS) is 20.9. The Morgan fingerprint density at radius 3 is 2.88 bits per heavy atom. The summed E-state index contributed by atoms with van der Waals surface area (Å²) < 4.78 is 11.3. The van der Waals surface area contributed by atoms with Crippen LogP contribution in [0.25, 0.3) is 0 Å². The van der Waals surface area contributed by atoms with Crippen LogP contribution >= 0.6 is 0 Å². The quantitative estimate of drug-likeness (QED) is 0.565. The third-order valence-corrected chi connectivity index (χ3v) is 3.95. The predicted molar refractivity (Wildman–Crippen MR) is 96.4 cm³/mol. The molecule has 2 heterocycles. The smallest absolute Gasteiger partial charge is 0.213 e. The van der Waals surface area contributed by atoms with Gasteiger partial charge in [0.25, 0.3) is 0 Å². The van der Waals surface area contributed by atoms with Gasteiger partial charge in [-0.25, -0.2) is 9.98 Å². The van der Waals surface area contributed by atoms with Crippen LogP contribution in [0.1, 0.15) is 45.6 Å². The molecule has 2 N–H and O–H groups in total. The van der Waals surface area contributed by atoms with E-state index in [4.69, 9.17) is 9.47 Å². The minimum absolute atomic E-state index is 0.0873. The molecule has 0 bridgehead atoms. The fourth-order valence-electron chi connectivity index (χ4n) is 2.56. The van der Waals surface area contributed by atoms with Crippen molar-refractivity contribution in [3.63, 3.8) is 0 Å². The number of hydrogen-bond acceptors (Lipinski definition) is 4. The summed E-state index contributed by atoms with van der Waals surface area (Å²) in [6, 6.07) is 3.90. The molecule has 0 saturated carbocycles. The van der Waals surface area contributed by atoms with Crippen molar-refractivity contribution in [2.24, 2.45) is 4.99 Å². The first-order valence-corrected chi connectivity index (χ1v) is 8.89. The minimum atomic E-state index is -0.0873. The summed E-state index contributed by atoms with van der Waals surface area (Å²) in [5, 5.41) is 6.65. The number of rotatable bonds is 8. The van der Waals surface area contributed by atoms with Gasteiger partial charge in [-0.3, -0.25) is 0 Å². The van der Waals surface area contributed by atoms with E-state index in [0.29, 0.717) is 19.0 Å². The Kier molecular flexibility index (Phi) is 7.31. The maximum Gasteiger partial charge on any atom is 0.213 e. The van der Waals surface area contributed by atoms with E-state index in [1.165, 1.54) is 0 Å². The Bertz CT molecular complexity index is 510. The molecular formula is C18H30N4O2. The van der Waals surface area contributed by atoms with Crippen LogP contribution in [0.5, 0.6) is 5.88 Å². The topological polar surface area (TPSA) is 67.8 Å². The molecule has 24 heavy (non-hydrogen) atoms. The van der Waals surface area contributed by atoms with E-state index in [0.717, 1.165) is 50.5 Å². The molecule has 1 aliphatic heterocycles. The molecule has 0 amide bonds. The maximum absolute atomic E-state index is 5.81. The third-order valence-electron chi connectivity index (χ3n) is 3.95. The zero-order chi connectivity index (χ0) is 17.3. The average Bonchev–Trinajstić information content (AvgIpc) is 3.03. The SMILES string of the molecule is CCCOc1ccc(CN=C(NCC)NCC2(C)CCCO2)cn1. The van der Waals surface area contributed by atoms with Crippen molar-refractivity contribution >= 4 is 5.96 Å². The van der Waals surface area contributed by atoms with Gasteiger partial charge in [0.1, 0.15) is 0 Å². The molecule has 1 aromatic heterocycles. The van der Waals surface area contributed by atoms with Gasteiger partial charge in [0.2, 0.25) is 5.88 Å². The molecule has 1 saturated heterocycles. The number of aliphatic imine (C=N–C) groups is 1. The van der Waals surface area contributed by atoms with E-state index >= 15 is 0 Å². The zero-order valence-electron chi connectivity index (χ0n) is 15.1. The summed E-state index contributed by atoms with van der Waals surface area (Å²) in [5.74, 6) is 1.47. The molecule has 0 aromatic carbocycles. The molecule has 0 aliphatic carbocycles. The molecular weight excluding hydrogens is 304 g/mol. The van der Waals surface area contributed by atoms with Crippen LogP contribution in [0, 0.1) is 0 Å². The largest absolute Gasteiger partial charge is 0.478 e. The van der Waals surface area contributed by atoms with Gasteiger partial charge >= 0.3 is 0 Å². The highest BCUT2D eigenvalue weighted by molar-refractivity contribution is 5.79. The fraction of sp³-hybridized carbons (Fsp3) is 0.667. The highest BCUT2D eigenvalue weighted by atomic mass is 16.5. The van der Waals surface area contributed by atoms with Crippen LogP contribution in [-0.2, 0) is 11.3 Å². The summed E-state index contributed by atoms with van der Waals surface area (Å²) in [6.45, 7) is 10.0. The van der Waals surface area contributed by atoms with Crippen molar-refractivity contribution in [1.29, 1.82) is 0 Å². The Labute approximate surface area is 145 Å². The molecule has 134 valence electrons. The zero-order valence-corrected chi connectivity index (χ0v) is 15.1. The lowest BCUT2D eigenvalue weighted by molar-refractivity contribution is 0.0243. The first-order chi connectivity index (χ1) is 11.6. The van der Waals surface area contributed by atoms with Crippen LogP contribution < -0.4 is 15.4 Å². The molecule has 1 atom stereocenters. The van der Waals surface area contributed by atoms with Crippen LogP contribution in [0.3, 0.4) is 0 Å². The molecule has 1 fully saturated rings. The Morgan fingerprint density at radius 1 is 1.38 bits per heavy atom. The second-order valence-corrected chi connectivity index (χ2v) is 6.30. The van der Waals surface area contributed by atoms with E-state index in [2.05, 4.69) is 41.4 Å². The van der Waals surface area contributed by atoms with Crippen molar-refractivity contribution < 1.29 is 9.47 Å². The van der Waals surface area contributed by atoms with Crippen molar-refractivity contribution in [2.45, 2.75) is 52.2 Å². The van der Waals surface area contributed by atoms with E-state index in [9.17, 15) is 0 Å². The van der Waals surface area contributed by atoms with Gasteiger partial charge in [0.15, 0.2) is 5.96 Å². The van der Waals surface area contributed by atoms with E-state index < -0.39 is 0 Å². The number of nitrogens with zero attached hydrogens (tertiary/aromatic N) is 2. The molecule has 1 unspecified atom stereocenters. The highest BCUT2D eigenvalue weighted by Gasteiger charge is 2.29. The summed E-state index contributed by atoms with van der Waals surface area (Å²) in [4.78, 5) is 8.93. The lowest BCUT2D eigenvalue weighted by Gasteiger charge is -2.24. The van der Waals surface area contributed by atoms with Crippen molar-refractivity contribution in [3.05, 3.63) is 23.9 Å². The number of aromatic nitrogens is 1. The van der Waals surface area contributed by atoms with Gasteiger partial charge < -0.3 is 20.1 Å². The summed E-state index contributed by atoms with van der Waals surface area (Å²) in [7, 11) is 0. The second-order valence-electron chi connectivity index (χ2n) is 6.30. The molecule has 0 radical (unpaired) electrons. The third kappa shape index (κ3) is 6.00. The fourth-order valence-corrected chi connectivity index (χ4v) is 2.56. The Hall–Kier alpha value is -1.82. The number of pyridine rings is 1. The standard InChI is InChI=1S/C18H30N4O2/c1-4-10-23-16-8-7-15(12-20-16)13-21-17(19-5-2)22-14-18(3)9-6-11-24-18/h7-8,12H,4-6,9-11,13-14H2,1-3H3,(H2,19,21,22). The molecule has 2 rings (SSSR count). The van der Waals surface area contributed by atoms with E-state index in [-0.39, 0.29) is 5.60 Å². The Morgan fingerprint density at radius 2 is 2.25 bits per heavy atom. The average molecular weight is 334 g/mol. The minimum Gasteiger partial charge on any atom is -0.478 e. The van der Waals surface area contributed by atoms with Gasteiger partial charge in [-0.05, 0) is 38.7 Å². The summed E-state index contributed by atoms with van der Waals surface area (Å²) in [6.07, 6.45) is 5.01. The van der Waals surface area contributed by atoms with E-state index in [1.807, 2.05) is 18.3 Å². The highest BCUT2D eigenvalue weighted by Crippen LogP contribution is 2.23. The lowest BCUT2D eigenvalue weighted by atomic mass is 10.0. The molecule has 1 aliphatic rings. The monoisotopic (exact) mass is 334 g/mol. The van der Waals surface area contributed by atoms with Crippen LogP contribution in [0.4, 0.5) is 0 Å². The van der Waals surface area contributed by atoms with Gasteiger partial charge in [-0.1, -0.05) is 13.0 Å². The first kappa shape index (κ1) is 18.5. The molecule has 1 aromatic rings. The summed E-state index contributed by atoms with van der Waals surface area (Å²) in [5.41, 5.74) is 0.968.